The number of carbonyl (C=O) groups is 1. The van der Waals surface area contributed by atoms with Gasteiger partial charge in [0.1, 0.15) is 17.1 Å². The van der Waals surface area contributed by atoms with Crippen LogP contribution in [0.25, 0.3) is 0 Å². The van der Waals surface area contributed by atoms with E-state index in [1.807, 2.05) is 0 Å². The molecule has 1 aliphatic heterocycles. The van der Waals surface area contributed by atoms with Gasteiger partial charge in [-0.15, -0.1) is 0 Å². The Balaban J connectivity index is 2.01. The molecule has 8 heteroatoms. The van der Waals surface area contributed by atoms with Crippen molar-refractivity contribution in [2.24, 2.45) is 0 Å². The molecular weight excluding hydrogens is 289 g/mol. The van der Waals surface area contributed by atoms with Gasteiger partial charge >= 0.3 is 6.18 Å². The molecule has 0 aliphatic carbocycles. The van der Waals surface area contributed by atoms with Crippen LogP contribution in [0, 0.1) is 0 Å². The van der Waals surface area contributed by atoms with Gasteiger partial charge in [-0.05, 0) is 12.1 Å². The summed E-state index contributed by atoms with van der Waals surface area (Å²) in [5.74, 6) is -1.28. The maximum atomic E-state index is 12.3. The lowest BCUT2D eigenvalue weighted by Gasteiger charge is -2.35. The molecule has 1 aromatic carbocycles. The third-order valence-corrected chi connectivity index (χ3v) is 3.30. The summed E-state index contributed by atoms with van der Waals surface area (Å²) in [6.45, 7) is -0.582. The number of halogens is 3. The van der Waals surface area contributed by atoms with Crippen LogP contribution in [-0.2, 0) is 0 Å². The fraction of sp³-hybridized carbons (Fsp3) is 0.462. The zero-order chi connectivity index (χ0) is 15.6. The van der Waals surface area contributed by atoms with E-state index in [4.69, 9.17) is 0 Å². The zero-order valence-electron chi connectivity index (χ0n) is 11.1. The second-order valence-corrected chi connectivity index (χ2v) is 4.85. The number of rotatable bonds is 2. The predicted octanol–water partition coefficient (Wildman–Crippen LogP) is 1.42. The molecule has 0 saturated carbocycles. The van der Waals surface area contributed by atoms with Gasteiger partial charge in [0.25, 0.3) is 5.91 Å². The molecule has 5 nitrogen and oxygen atoms in total. The topological polar surface area (TPSA) is 64.0 Å². The largest absolute Gasteiger partial charge is 0.507 e. The van der Waals surface area contributed by atoms with E-state index in [1.54, 1.807) is 0 Å². The van der Waals surface area contributed by atoms with Gasteiger partial charge in [0, 0.05) is 26.2 Å². The van der Waals surface area contributed by atoms with Crippen LogP contribution in [0.1, 0.15) is 10.4 Å². The molecule has 0 aromatic heterocycles. The standard InChI is InChI=1S/C13H15F3N2O3/c14-13(15,16)8-17-4-6-18(7-5-17)12(21)11-9(19)2-1-3-10(11)20/h1-3,19-20H,4-8H2. The number of carbonyl (C=O) groups excluding carboxylic acids is 1. The van der Waals surface area contributed by atoms with Crippen LogP contribution in [0.2, 0.25) is 0 Å². The smallest absolute Gasteiger partial charge is 0.401 e. The van der Waals surface area contributed by atoms with E-state index in [0.29, 0.717) is 0 Å². The molecule has 21 heavy (non-hydrogen) atoms. The number of hydrogen-bond donors (Lipinski definition) is 2. The first-order chi connectivity index (χ1) is 9.78. The van der Waals surface area contributed by atoms with E-state index in [-0.39, 0.29) is 43.2 Å². The number of alkyl halides is 3. The molecule has 1 heterocycles. The second kappa shape index (κ2) is 5.80. The molecule has 0 unspecified atom stereocenters. The molecule has 1 fully saturated rings. The van der Waals surface area contributed by atoms with Crippen LogP contribution in [0.4, 0.5) is 13.2 Å². The summed E-state index contributed by atoms with van der Waals surface area (Å²) in [5.41, 5.74) is -0.221. The minimum absolute atomic E-state index is 0.0968. The molecule has 1 aromatic rings. The molecular formula is C13H15F3N2O3. The van der Waals surface area contributed by atoms with Crippen molar-refractivity contribution in [1.29, 1.82) is 0 Å². The molecule has 0 radical (unpaired) electrons. The average Bonchev–Trinajstić information content (AvgIpc) is 2.37. The van der Waals surface area contributed by atoms with Crippen LogP contribution in [0.3, 0.4) is 0 Å². The van der Waals surface area contributed by atoms with Crippen molar-refractivity contribution in [1.82, 2.24) is 9.80 Å². The lowest BCUT2D eigenvalue weighted by atomic mass is 10.1. The predicted molar refractivity (Wildman–Crippen MR) is 68.2 cm³/mol. The summed E-state index contributed by atoms with van der Waals surface area (Å²) in [5, 5.41) is 19.3. The number of aromatic hydroxyl groups is 2. The summed E-state index contributed by atoms with van der Waals surface area (Å²) >= 11 is 0. The number of amides is 1. The van der Waals surface area contributed by atoms with Crippen molar-refractivity contribution in [3.63, 3.8) is 0 Å². The first kappa shape index (κ1) is 15.4. The van der Waals surface area contributed by atoms with Gasteiger partial charge in [-0.3, -0.25) is 9.69 Å². The Morgan fingerprint density at radius 2 is 1.62 bits per heavy atom. The Kier molecular flexibility index (Phi) is 4.26. The van der Waals surface area contributed by atoms with E-state index in [1.165, 1.54) is 28.0 Å². The van der Waals surface area contributed by atoms with Gasteiger partial charge in [0.15, 0.2) is 0 Å². The maximum absolute atomic E-state index is 12.3. The van der Waals surface area contributed by atoms with Gasteiger partial charge in [-0.2, -0.15) is 13.2 Å². The first-order valence-corrected chi connectivity index (χ1v) is 6.37. The maximum Gasteiger partial charge on any atom is 0.401 e. The third kappa shape index (κ3) is 3.78. The lowest BCUT2D eigenvalue weighted by Crippen LogP contribution is -2.50. The molecule has 0 atom stereocenters. The van der Waals surface area contributed by atoms with E-state index in [2.05, 4.69) is 0 Å². The zero-order valence-corrected chi connectivity index (χ0v) is 11.1. The highest BCUT2D eigenvalue weighted by Gasteiger charge is 2.33. The number of nitrogens with zero attached hydrogens (tertiary/aromatic N) is 2. The molecule has 2 N–H and O–H groups in total. The van der Waals surface area contributed by atoms with Gasteiger partial charge in [0.2, 0.25) is 0 Å². The van der Waals surface area contributed by atoms with Crippen LogP contribution >= 0.6 is 0 Å². The molecule has 2 rings (SSSR count). The Morgan fingerprint density at radius 3 is 2.10 bits per heavy atom. The average molecular weight is 304 g/mol. The van der Waals surface area contributed by atoms with Crippen LogP contribution in [0.5, 0.6) is 11.5 Å². The molecule has 1 amide bonds. The van der Waals surface area contributed by atoms with E-state index < -0.39 is 18.6 Å². The number of hydrogen-bond acceptors (Lipinski definition) is 4. The van der Waals surface area contributed by atoms with Gasteiger partial charge in [0.05, 0.1) is 6.54 Å². The SMILES string of the molecule is O=C(c1c(O)cccc1O)N1CCN(CC(F)(F)F)CC1. The summed E-state index contributed by atoms with van der Waals surface area (Å²) in [7, 11) is 0. The highest BCUT2D eigenvalue weighted by atomic mass is 19.4. The van der Waals surface area contributed by atoms with E-state index in [9.17, 15) is 28.2 Å². The highest BCUT2D eigenvalue weighted by molar-refractivity contribution is 5.99. The van der Waals surface area contributed by atoms with Gasteiger partial charge in [-0.25, -0.2) is 0 Å². The molecule has 1 saturated heterocycles. The number of phenolic OH excluding ortho intramolecular Hbond substituents is 2. The minimum atomic E-state index is -4.26. The fourth-order valence-electron chi connectivity index (χ4n) is 2.27. The van der Waals surface area contributed by atoms with Crippen molar-refractivity contribution in [2.45, 2.75) is 6.18 Å². The lowest BCUT2D eigenvalue weighted by molar-refractivity contribution is -0.148. The summed E-state index contributed by atoms with van der Waals surface area (Å²) < 4.78 is 36.8. The molecule has 0 bridgehead atoms. The van der Waals surface area contributed by atoms with Crippen LogP contribution in [0.15, 0.2) is 18.2 Å². The van der Waals surface area contributed by atoms with Crippen molar-refractivity contribution in [2.75, 3.05) is 32.7 Å². The van der Waals surface area contributed by atoms with E-state index >= 15 is 0 Å². The molecule has 0 spiro atoms. The van der Waals surface area contributed by atoms with E-state index in [0.717, 1.165) is 0 Å². The summed E-state index contributed by atoms with van der Waals surface area (Å²) in [6, 6.07) is 3.93. The normalized spacial score (nSPS) is 17.0. The van der Waals surface area contributed by atoms with Gasteiger partial charge in [-0.1, -0.05) is 6.07 Å². The Bertz CT molecular complexity index is 506. The second-order valence-electron chi connectivity index (χ2n) is 4.85. The van der Waals surface area contributed by atoms with Crippen molar-refractivity contribution in [3.8, 4) is 11.5 Å². The molecule has 1 aliphatic rings. The first-order valence-electron chi connectivity index (χ1n) is 6.37. The number of piperazine rings is 1. The number of phenols is 2. The van der Waals surface area contributed by atoms with Crippen molar-refractivity contribution in [3.05, 3.63) is 23.8 Å². The Morgan fingerprint density at radius 1 is 1.10 bits per heavy atom. The Labute approximate surface area is 119 Å². The van der Waals surface area contributed by atoms with Crippen molar-refractivity contribution < 1.29 is 28.2 Å². The molecule has 116 valence electrons. The van der Waals surface area contributed by atoms with Crippen LogP contribution in [-0.4, -0.2) is 64.8 Å². The summed E-state index contributed by atoms with van der Waals surface area (Å²) in [6.07, 6.45) is -4.26. The van der Waals surface area contributed by atoms with Crippen molar-refractivity contribution >= 4 is 5.91 Å². The van der Waals surface area contributed by atoms with Crippen LogP contribution < -0.4 is 0 Å². The number of benzene rings is 1. The third-order valence-electron chi connectivity index (χ3n) is 3.30. The minimum Gasteiger partial charge on any atom is -0.507 e. The monoisotopic (exact) mass is 304 g/mol. The van der Waals surface area contributed by atoms with Gasteiger partial charge < -0.3 is 15.1 Å². The summed E-state index contributed by atoms with van der Waals surface area (Å²) in [4.78, 5) is 14.7. The Hall–Kier alpha value is -1.96. The highest BCUT2D eigenvalue weighted by Crippen LogP contribution is 2.28. The quantitative estimate of drug-likeness (QED) is 0.867. The fourth-order valence-corrected chi connectivity index (χ4v) is 2.27.